The van der Waals surface area contributed by atoms with Crippen molar-refractivity contribution in [1.29, 1.82) is 0 Å². The Kier molecular flexibility index (Phi) is 4.60. The van der Waals surface area contributed by atoms with Crippen molar-refractivity contribution in [2.45, 2.75) is 36.4 Å². The molecule has 0 saturated carbocycles. The van der Waals surface area contributed by atoms with Gasteiger partial charge in [-0.1, -0.05) is 11.8 Å². The Morgan fingerprint density at radius 2 is 2.37 bits per heavy atom. The van der Waals surface area contributed by atoms with E-state index in [0.29, 0.717) is 11.7 Å². The molecule has 0 saturated heterocycles. The average Bonchev–Trinajstić information content (AvgIpc) is 2.93. The maximum Gasteiger partial charge on any atom is 0.309 e. The van der Waals surface area contributed by atoms with Crippen LogP contribution in [-0.2, 0) is 17.0 Å². The van der Waals surface area contributed by atoms with Gasteiger partial charge in [-0.15, -0.1) is 11.3 Å². The van der Waals surface area contributed by atoms with Gasteiger partial charge in [0.2, 0.25) is 0 Å². The normalized spacial score (nSPS) is 11.1. The summed E-state index contributed by atoms with van der Waals surface area (Å²) in [5.41, 5.74) is 1.77. The first-order valence-electron chi connectivity index (χ1n) is 5.86. The van der Waals surface area contributed by atoms with E-state index in [2.05, 4.69) is 28.4 Å². The molecule has 0 amide bonds. The van der Waals surface area contributed by atoms with Crippen molar-refractivity contribution >= 4 is 29.1 Å². The second kappa shape index (κ2) is 6.21. The van der Waals surface area contributed by atoms with Crippen LogP contribution in [0.3, 0.4) is 0 Å². The molecule has 0 spiro atoms. The number of aromatic nitrogens is 3. The third kappa shape index (κ3) is 3.81. The molecule has 102 valence electrons. The Bertz CT molecular complexity index is 563. The molecule has 0 atom stereocenters. The topological polar surface area (TPSA) is 68.0 Å². The first kappa shape index (κ1) is 14.1. The van der Waals surface area contributed by atoms with Gasteiger partial charge in [-0.2, -0.15) is 0 Å². The Hall–Kier alpha value is -1.34. The lowest BCUT2D eigenvalue weighted by molar-refractivity contribution is -0.136. The third-order valence-electron chi connectivity index (χ3n) is 2.51. The zero-order valence-electron chi connectivity index (χ0n) is 10.7. The van der Waals surface area contributed by atoms with Gasteiger partial charge in [0.15, 0.2) is 4.34 Å². The van der Waals surface area contributed by atoms with Crippen LogP contribution in [0.15, 0.2) is 22.2 Å². The molecule has 5 nitrogen and oxygen atoms in total. The van der Waals surface area contributed by atoms with E-state index in [1.165, 1.54) is 11.3 Å². The molecule has 0 aliphatic carbocycles. The van der Waals surface area contributed by atoms with Crippen LogP contribution in [-0.4, -0.2) is 25.6 Å². The minimum absolute atomic E-state index is 0.0129. The van der Waals surface area contributed by atoms with E-state index in [4.69, 9.17) is 5.11 Å². The van der Waals surface area contributed by atoms with Crippen LogP contribution in [0.5, 0.6) is 0 Å². The fraction of sp³-hybridized carbons (Fsp3) is 0.417. The van der Waals surface area contributed by atoms with Crippen LogP contribution in [0.1, 0.15) is 31.3 Å². The number of nitrogens with zero attached hydrogens (tertiary/aromatic N) is 3. The molecule has 0 aromatic carbocycles. The van der Waals surface area contributed by atoms with Gasteiger partial charge in [-0.3, -0.25) is 4.79 Å². The number of thioether (sulfide) groups is 1. The molecule has 0 radical (unpaired) electrons. The number of hydrogen-bond donors (Lipinski definition) is 1. The monoisotopic (exact) mass is 297 g/mol. The molecule has 7 heteroatoms. The molecule has 2 heterocycles. The van der Waals surface area contributed by atoms with E-state index in [9.17, 15) is 4.79 Å². The predicted molar refractivity (Wildman–Crippen MR) is 75.6 cm³/mol. The summed E-state index contributed by atoms with van der Waals surface area (Å²) in [4.78, 5) is 19.0. The molecule has 19 heavy (non-hydrogen) atoms. The zero-order chi connectivity index (χ0) is 13.8. The average molecular weight is 297 g/mol. The lowest BCUT2D eigenvalue weighted by Gasteiger charge is -2.10. The zero-order valence-corrected chi connectivity index (χ0v) is 12.4. The van der Waals surface area contributed by atoms with Gasteiger partial charge in [0, 0.05) is 29.1 Å². The molecule has 0 aliphatic rings. The molecule has 0 bridgehead atoms. The minimum Gasteiger partial charge on any atom is -0.481 e. The van der Waals surface area contributed by atoms with Crippen molar-refractivity contribution in [3.63, 3.8) is 0 Å². The number of hydrogen-bond acceptors (Lipinski definition) is 5. The van der Waals surface area contributed by atoms with Gasteiger partial charge in [-0.05, 0) is 13.8 Å². The Labute approximate surface area is 119 Å². The number of carbonyl (C=O) groups is 1. The smallest absolute Gasteiger partial charge is 0.309 e. The van der Waals surface area contributed by atoms with E-state index in [0.717, 1.165) is 15.8 Å². The third-order valence-corrected chi connectivity index (χ3v) is 4.61. The van der Waals surface area contributed by atoms with E-state index in [1.807, 2.05) is 12.5 Å². The fourth-order valence-electron chi connectivity index (χ4n) is 1.64. The molecule has 0 unspecified atom stereocenters. The number of rotatable bonds is 6. The second-order valence-corrected chi connectivity index (χ2v) is 6.43. The van der Waals surface area contributed by atoms with Gasteiger partial charge >= 0.3 is 5.97 Å². The molecular weight excluding hydrogens is 282 g/mol. The largest absolute Gasteiger partial charge is 0.481 e. The predicted octanol–water partition coefficient (Wildman–Crippen LogP) is 2.84. The summed E-state index contributed by atoms with van der Waals surface area (Å²) in [6.45, 7) is 4.23. The molecule has 2 aromatic rings. The summed E-state index contributed by atoms with van der Waals surface area (Å²) in [7, 11) is 0. The molecular formula is C12H15N3O2S2. The van der Waals surface area contributed by atoms with Crippen molar-refractivity contribution in [2.24, 2.45) is 0 Å². The number of thiazole rings is 1. The Morgan fingerprint density at radius 1 is 1.58 bits per heavy atom. The number of carboxylic acid groups (broad SMARTS) is 1. The summed E-state index contributed by atoms with van der Waals surface area (Å²) in [6, 6.07) is 0.386. The fourth-order valence-corrected chi connectivity index (χ4v) is 3.45. The van der Waals surface area contributed by atoms with Crippen LogP contribution in [0.2, 0.25) is 0 Å². The number of carboxylic acids is 1. The van der Waals surface area contributed by atoms with Crippen LogP contribution in [0, 0.1) is 0 Å². The van der Waals surface area contributed by atoms with Gasteiger partial charge in [0.05, 0.1) is 18.4 Å². The maximum atomic E-state index is 10.6. The standard InChI is InChI=1S/C12H15N3O2S2/c1-8(2)15-7-13-4-10(15)6-19-12-14-9(5-18-12)3-11(16)17/h4-5,7-8H,3,6H2,1-2H3,(H,16,17). The van der Waals surface area contributed by atoms with Crippen LogP contribution >= 0.6 is 23.1 Å². The second-order valence-electron chi connectivity index (χ2n) is 4.35. The number of imidazole rings is 1. The van der Waals surface area contributed by atoms with Crippen molar-refractivity contribution in [3.05, 3.63) is 29.3 Å². The maximum absolute atomic E-state index is 10.6. The summed E-state index contributed by atoms with van der Waals surface area (Å²) < 4.78 is 3.02. The summed E-state index contributed by atoms with van der Waals surface area (Å²) in [5.74, 6) is -0.0576. The van der Waals surface area contributed by atoms with Crippen molar-refractivity contribution in [1.82, 2.24) is 14.5 Å². The highest BCUT2D eigenvalue weighted by atomic mass is 32.2. The van der Waals surface area contributed by atoms with E-state index in [-0.39, 0.29) is 6.42 Å². The quantitative estimate of drug-likeness (QED) is 0.830. The Balaban J connectivity index is 1.96. The van der Waals surface area contributed by atoms with E-state index >= 15 is 0 Å². The summed E-state index contributed by atoms with van der Waals surface area (Å²) >= 11 is 3.10. The molecule has 0 fully saturated rings. The summed E-state index contributed by atoms with van der Waals surface area (Å²) in [6.07, 6.45) is 3.68. The van der Waals surface area contributed by atoms with Crippen LogP contribution in [0.25, 0.3) is 0 Å². The molecule has 0 aliphatic heterocycles. The molecule has 1 N–H and O–H groups in total. The van der Waals surface area contributed by atoms with Crippen molar-refractivity contribution in [3.8, 4) is 0 Å². The summed E-state index contributed by atoms with van der Waals surface area (Å²) in [5, 5.41) is 10.5. The van der Waals surface area contributed by atoms with E-state index in [1.54, 1.807) is 17.1 Å². The number of aliphatic carboxylic acids is 1. The first-order valence-corrected chi connectivity index (χ1v) is 7.72. The first-order chi connectivity index (χ1) is 9.06. The highest BCUT2D eigenvalue weighted by Crippen LogP contribution is 2.27. The highest BCUT2D eigenvalue weighted by molar-refractivity contribution is 8.00. The van der Waals surface area contributed by atoms with Crippen molar-refractivity contribution < 1.29 is 9.90 Å². The lowest BCUT2D eigenvalue weighted by Crippen LogP contribution is -2.03. The molecule has 2 aromatic heterocycles. The van der Waals surface area contributed by atoms with E-state index < -0.39 is 5.97 Å². The van der Waals surface area contributed by atoms with Crippen molar-refractivity contribution in [2.75, 3.05) is 0 Å². The van der Waals surface area contributed by atoms with Crippen LogP contribution < -0.4 is 0 Å². The lowest BCUT2D eigenvalue weighted by atomic mass is 10.3. The SMILES string of the molecule is CC(C)n1cncc1CSc1nc(CC(=O)O)cs1. The highest BCUT2D eigenvalue weighted by Gasteiger charge is 2.09. The van der Waals surface area contributed by atoms with Gasteiger partial charge in [-0.25, -0.2) is 9.97 Å². The van der Waals surface area contributed by atoms with Gasteiger partial charge in [0.1, 0.15) is 0 Å². The van der Waals surface area contributed by atoms with Crippen LogP contribution in [0.4, 0.5) is 0 Å². The molecule has 2 rings (SSSR count). The minimum atomic E-state index is -0.847. The van der Waals surface area contributed by atoms with Gasteiger partial charge < -0.3 is 9.67 Å². The Morgan fingerprint density at radius 3 is 3.05 bits per heavy atom. The van der Waals surface area contributed by atoms with Gasteiger partial charge in [0.25, 0.3) is 0 Å².